The lowest BCUT2D eigenvalue weighted by atomic mass is 10.4. The fourth-order valence-electron chi connectivity index (χ4n) is 0.861. The summed E-state index contributed by atoms with van der Waals surface area (Å²) >= 11 is 5.56. The van der Waals surface area contributed by atoms with Gasteiger partial charge in [-0.15, -0.1) is 5.10 Å². The molecule has 5 heteroatoms. The fourth-order valence-corrected chi connectivity index (χ4v) is 1.03. The lowest BCUT2D eigenvalue weighted by Gasteiger charge is -1.89. The van der Waals surface area contributed by atoms with Crippen LogP contribution in [0.1, 0.15) is 5.69 Å². The van der Waals surface area contributed by atoms with Crippen LogP contribution in [-0.4, -0.2) is 19.6 Å². The van der Waals surface area contributed by atoms with Crippen LogP contribution in [-0.2, 0) is 0 Å². The topological polar surface area (TPSA) is 43.1 Å². The van der Waals surface area contributed by atoms with E-state index in [4.69, 9.17) is 11.6 Å². The molecule has 0 aliphatic heterocycles. The second-order valence-corrected chi connectivity index (χ2v) is 2.55. The number of hydrogen-bond acceptors (Lipinski definition) is 3. The van der Waals surface area contributed by atoms with Crippen molar-refractivity contribution in [3.8, 4) is 0 Å². The Morgan fingerprint density at radius 3 is 3.18 bits per heavy atom. The molecular weight excluding hydrogens is 164 g/mol. The molecule has 2 rings (SSSR count). The van der Waals surface area contributed by atoms with Crippen LogP contribution in [0.5, 0.6) is 0 Å². The van der Waals surface area contributed by atoms with Crippen LogP contribution in [0.2, 0.25) is 5.28 Å². The molecule has 0 bridgehead atoms. The highest BCUT2D eigenvalue weighted by Gasteiger charge is 1.99. The molecule has 56 valence electrons. The van der Waals surface area contributed by atoms with Crippen LogP contribution >= 0.6 is 11.6 Å². The van der Waals surface area contributed by atoms with E-state index in [9.17, 15) is 0 Å². The van der Waals surface area contributed by atoms with Crippen molar-refractivity contribution in [1.29, 1.82) is 0 Å². The maximum Gasteiger partial charge on any atom is 0.243 e. The van der Waals surface area contributed by atoms with Gasteiger partial charge >= 0.3 is 0 Å². The molecule has 0 atom stereocenters. The maximum atomic E-state index is 5.56. The highest BCUT2D eigenvalue weighted by Crippen LogP contribution is 2.04. The third-order valence-electron chi connectivity index (χ3n) is 1.34. The van der Waals surface area contributed by atoms with Crippen LogP contribution in [0.15, 0.2) is 12.4 Å². The lowest BCUT2D eigenvalue weighted by molar-refractivity contribution is 0.910. The Morgan fingerprint density at radius 1 is 1.55 bits per heavy atom. The molecule has 0 saturated heterocycles. The van der Waals surface area contributed by atoms with Crippen LogP contribution in [0.4, 0.5) is 0 Å². The van der Waals surface area contributed by atoms with E-state index >= 15 is 0 Å². The summed E-state index contributed by atoms with van der Waals surface area (Å²) in [6, 6.07) is 1.82. The SMILES string of the molecule is Cc1cc2nc(Cl)nn2cn1. The molecule has 2 aromatic rings. The zero-order valence-corrected chi connectivity index (χ0v) is 6.58. The van der Waals surface area contributed by atoms with Crippen molar-refractivity contribution in [3.63, 3.8) is 0 Å². The number of hydrogen-bond donors (Lipinski definition) is 0. The Hall–Kier alpha value is -1.16. The average Bonchev–Trinajstić information content (AvgIpc) is 2.27. The van der Waals surface area contributed by atoms with Crippen LogP contribution < -0.4 is 0 Å². The van der Waals surface area contributed by atoms with Crippen LogP contribution in [0.25, 0.3) is 5.65 Å². The predicted octanol–water partition coefficient (Wildman–Crippen LogP) is 1.09. The Labute approximate surface area is 67.8 Å². The minimum Gasteiger partial charge on any atom is -0.241 e. The largest absolute Gasteiger partial charge is 0.243 e. The molecule has 4 nitrogen and oxygen atoms in total. The maximum absolute atomic E-state index is 5.56. The molecule has 2 heterocycles. The van der Waals surface area contributed by atoms with Crippen molar-refractivity contribution in [1.82, 2.24) is 19.6 Å². The predicted molar refractivity (Wildman–Crippen MR) is 40.5 cm³/mol. The minimum absolute atomic E-state index is 0.248. The minimum atomic E-state index is 0.248. The standard InChI is InChI=1S/C6H5ClN4/c1-4-2-5-9-6(7)10-11(5)3-8-4/h2-3H,1H3. The normalized spacial score (nSPS) is 10.7. The van der Waals surface area contributed by atoms with E-state index in [-0.39, 0.29) is 5.28 Å². The molecule has 11 heavy (non-hydrogen) atoms. The first-order valence-electron chi connectivity index (χ1n) is 3.10. The molecule has 0 fully saturated rings. The molecule has 0 aliphatic rings. The number of halogens is 1. The zero-order valence-electron chi connectivity index (χ0n) is 5.82. The van der Waals surface area contributed by atoms with Gasteiger partial charge in [0.15, 0.2) is 5.65 Å². The summed E-state index contributed by atoms with van der Waals surface area (Å²) in [6.07, 6.45) is 1.59. The first-order valence-corrected chi connectivity index (χ1v) is 3.48. The monoisotopic (exact) mass is 168 g/mol. The van der Waals surface area contributed by atoms with E-state index in [1.54, 1.807) is 6.33 Å². The van der Waals surface area contributed by atoms with Crippen molar-refractivity contribution in [2.45, 2.75) is 6.92 Å². The van der Waals surface area contributed by atoms with Gasteiger partial charge in [-0.3, -0.25) is 0 Å². The van der Waals surface area contributed by atoms with Gasteiger partial charge in [0.05, 0.1) is 0 Å². The summed E-state index contributed by atoms with van der Waals surface area (Å²) in [7, 11) is 0. The number of nitrogens with zero attached hydrogens (tertiary/aromatic N) is 4. The first kappa shape index (κ1) is 6.54. The number of aryl methyl sites for hydroxylation is 1. The summed E-state index contributed by atoms with van der Waals surface area (Å²) in [6.45, 7) is 1.89. The summed E-state index contributed by atoms with van der Waals surface area (Å²) in [5.74, 6) is 0. The highest BCUT2D eigenvalue weighted by atomic mass is 35.5. The van der Waals surface area contributed by atoms with Crippen molar-refractivity contribution in [3.05, 3.63) is 23.4 Å². The third-order valence-corrected chi connectivity index (χ3v) is 1.50. The second kappa shape index (κ2) is 2.17. The van der Waals surface area contributed by atoms with Gasteiger partial charge in [0.1, 0.15) is 6.33 Å². The van der Waals surface area contributed by atoms with Gasteiger partial charge in [0.25, 0.3) is 0 Å². The van der Waals surface area contributed by atoms with Gasteiger partial charge in [0.2, 0.25) is 5.28 Å². The van der Waals surface area contributed by atoms with Crippen molar-refractivity contribution >= 4 is 17.2 Å². The lowest BCUT2D eigenvalue weighted by Crippen LogP contribution is -1.90. The van der Waals surface area contributed by atoms with E-state index in [1.807, 2.05) is 13.0 Å². The zero-order chi connectivity index (χ0) is 7.84. The smallest absolute Gasteiger partial charge is 0.241 e. The first-order chi connectivity index (χ1) is 5.25. The van der Waals surface area contributed by atoms with Gasteiger partial charge in [-0.1, -0.05) is 0 Å². The molecule has 0 N–H and O–H groups in total. The van der Waals surface area contributed by atoms with Gasteiger partial charge in [-0.2, -0.15) is 4.98 Å². The Kier molecular flexibility index (Phi) is 1.29. The van der Waals surface area contributed by atoms with Crippen LogP contribution in [0.3, 0.4) is 0 Å². The highest BCUT2D eigenvalue weighted by molar-refractivity contribution is 6.28. The van der Waals surface area contributed by atoms with E-state index in [2.05, 4.69) is 15.1 Å². The summed E-state index contributed by atoms with van der Waals surface area (Å²) in [4.78, 5) is 7.97. The molecular formula is C6H5ClN4. The van der Waals surface area contributed by atoms with Gasteiger partial charge in [0, 0.05) is 11.8 Å². The molecule has 0 amide bonds. The quantitative estimate of drug-likeness (QED) is 0.592. The van der Waals surface area contributed by atoms with E-state index in [0.717, 1.165) is 11.3 Å². The molecule has 0 radical (unpaired) electrons. The molecule has 0 aromatic carbocycles. The van der Waals surface area contributed by atoms with E-state index < -0.39 is 0 Å². The van der Waals surface area contributed by atoms with Gasteiger partial charge < -0.3 is 0 Å². The summed E-state index contributed by atoms with van der Waals surface area (Å²) in [5.41, 5.74) is 1.63. The Bertz CT molecular complexity index is 394. The van der Waals surface area contributed by atoms with Crippen molar-refractivity contribution < 1.29 is 0 Å². The molecule has 2 aromatic heterocycles. The van der Waals surface area contributed by atoms with Crippen LogP contribution in [0, 0.1) is 6.92 Å². The number of fused-ring (bicyclic) bond motifs is 1. The Balaban J connectivity index is 2.82. The van der Waals surface area contributed by atoms with Crippen molar-refractivity contribution in [2.75, 3.05) is 0 Å². The summed E-state index contributed by atoms with van der Waals surface area (Å²) in [5, 5.41) is 4.11. The Morgan fingerprint density at radius 2 is 2.36 bits per heavy atom. The van der Waals surface area contributed by atoms with Gasteiger partial charge in [-0.25, -0.2) is 9.50 Å². The molecule has 0 aliphatic carbocycles. The number of aromatic nitrogens is 4. The molecule has 0 unspecified atom stereocenters. The molecule has 0 saturated carbocycles. The van der Waals surface area contributed by atoms with Gasteiger partial charge in [-0.05, 0) is 18.5 Å². The second-order valence-electron chi connectivity index (χ2n) is 2.21. The third kappa shape index (κ3) is 1.05. The molecule has 0 spiro atoms. The van der Waals surface area contributed by atoms with Crippen molar-refractivity contribution in [2.24, 2.45) is 0 Å². The fraction of sp³-hybridized carbons (Fsp3) is 0.167. The number of rotatable bonds is 0. The summed E-state index contributed by atoms with van der Waals surface area (Å²) < 4.78 is 1.54. The average molecular weight is 169 g/mol. The van der Waals surface area contributed by atoms with E-state index in [0.29, 0.717) is 0 Å². The van der Waals surface area contributed by atoms with E-state index in [1.165, 1.54) is 4.52 Å².